The summed E-state index contributed by atoms with van der Waals surface area (Å²) in [6.45, 7) is 11.5. The summed E-state index contributed by atoms with van der Waals surface area (Å²) >= 11 is 0. The Balaban J connectivity index is 1.63. The molecule has 3 heterocycles. The monoisotopic (exact) mass is 404 g/mol. The van der Waals surface area contributed by atoms with Gasteiger partial charge in [-0.15, -0.1) is 0 Å². The minimum Gasteiger partial charge on any atom is -0.422 e. The lowest BCUT2D eigenvalue weighted by Crippen LogP contribution is -2.24. The molecular formula is C24H28N4O2. The van der Waals surface area contributed by atoms with Gasteiger partial charge in [-0.25, -0.2) is 9.78 Å². The Morgan fingerprint density at radius 2 is 1.87 bits per heavy atom. The van der Waals surface area contributed by atoms with E-state index in [-0.39, 0.29) is 5.63 Å². The summed E-state index contributed by atoms with van der Waals surface area (Å²) < 4.78 is 7.59. The average Bonchev–Trinajstić information content (AvgIpc) is 3.14. The highest BCUT2D eigenvalue weighted by atomic mass is 16.4. The first-order valence-corrected chi connectivity index (χ1v) is 10.6. The van der Waals surface area contributed by atoms with Gasteiger partial charge in [0.15, 0.2) is 5.65 Å². The van der Waals surface area contributed by atoms with E-state index < -0.39 is 0 Å². The summed E-state index contributed by atoms with van der Waals surface area (Å²) in [5, 5.41) is 0.903. The van der Waals surface area contributed by atoms with Crippen molar-refractivity contribution < 1.29 is 4.42 Å². The number of imidazole rings is 1. The SMILES string of the molecule is CCN(CC)CCCc1ccc2cc(-c3cn4cc(C)nc(C)c4n3)c(=O)oc2c1. The number of fused-ring (bicyclic) bond motifs is 2. The minimum absolute atomic E-state index is 0.367. The highest BCUT2D eigenvalue weighted by Crippen LogP contribution is 2.23. The maximum atomic E-state index is 12.7. The van der Waals surface area contributed by atoms with Crippen molar-refractivity contribution in [3.05, 3.63) is 64.0 Å². The largest absolute Gasteiger partial charge is 0.422 e. The number of hydrogen-bond donors (Lipinski definition) is 0. The molecule has 0 aliphatic rings. The molecule has 0 N–H and O–H groups in total. The third-order valence-corrected chi connectivity index (χ3v) is 5.64. The van der Waals surface area contributed by atoms with Gasteiger partial charge in [0.05, 0.1) is 22.6 Å². The lowest BCUT2D eigenvalue weighted by Gasteiger charge is -2.17. The van der Waals surface area contributed by atoms with Crippen LogP contribution in [0.25, 0.3) is 27.9 Å². The van der Waals surface area contributed by atoms with E-state index >= 15 is 0 Å². The van der Waals surface area contributed by atoms with Crippen LogP contribution in [0.4, 0.5) is 0 Å². The summed E-state index contributed by atoms with van der Waals surface area (Å²) in [5.41, 5.74) is 5.01. The fourth-order valence-electron chi connectivity index (χ4n) is 3.97. The molecule has 0 saturated carbocycles. The fraction of sp³-hybridized carbons (Fsp3) is 0.375. The van der Waals surface area contributed by atoms with Crippen LogP contribution in [0.3, 0.4) is 0 Å². The van der Waals surface area contributed by atoms with Crippen molar-refractivity contribution in [1.29, 1.82) is 0 Å². The lowest BCUT2D eigenvalue weighted by molar-refractivity contribution is 0.300. The highest BCUT2D eigenvalue weighted by molar-refractivity contribution is 5.81. The summed E-state index contributed by atoms with van der Waals surface area (Å²) in [4.78, 5) is 24.2. The van der Waals surface area contributed by atoms with Crippen LogP contribution in [0, 0.1) is 13.8 Å². The quantitative estimate of drug-likeness (QED) is 0.427. The minimum atomic E-state index is -0.367. The molecule has 156 valence electrons. The first kappa shape index (κ1) is 20.3. The van der Waals surface area contributed by atoms with Crippen molar-refractivity contribution in [1.82, 2.24) is 19.3 Å². The molecular weight excluding hydrogens is 376 g/mol. The van der Waals surface area contributed by atoms with Crippen molar-refractivity contribution in [3.63, 3.8) is 0 Å². The number of rotatable bonds is 7. The zero-order chi connectivity index (χ0) is 21.3. The molecule has 0 spiro atoms. The van der Waals surface area contributed by atoms with Crippen LogP contribution in [-0.4, -0.2) is 38.9 Å². The van der Waals surface area contributed by atoms with Crippen LogP contribution >= 0.6 is 0 Å². The van der Waals surface area contributed by atoms with E-state index in [1.165, 1.54) is 5.56 Å². The van der Waals surface area contributed by atoms with Crippen LogP contribution in [0.15, 0.2) is 45.9 Å². The van der Waals surface area contributed by atoms with Gasteiger partial charge >= 0.3 is 5.63 Å². The van der Waals surface area contributed by atoms with E-state index in [2.05, 4.69) is 34.8 Å². The molecule has 4 rings (SSSR count). The maximum Gasteiger partial charge on any atom is 0.345 e. The smallest absolute Gasteiger partial charge is 0.345 e. The van der Waals surface area contributed by atoms with Gasteiger partial charge < -0.3 is 13.7 Å². The Kier molecular flexibility index (Phi) is 5.68. The summed E-state index contributed by atoms with van der Waals surface area (Å²) in [5.74, 6) is 0. The molecule has 6 heteroatoms. The van der Waals surface area contributed by atoms with Crippen molar-refractivity contribution in [2.45, 2.75) is 40.5 Å². The van der Waals surface area contributed by atoms with Gasteiger partial charge in [0.1, 0.15) is 5.58 Å². The van der Waals surface area contributed by atoms with Crippen LogP contribution in [-0.2, 0) is 6.42 Å². The summed E-state index contributed by atoms with van der Waals surface area (Å²) in [6.07, 6.45) is 5.82. The number of aromatic nitrogens is 3. The lowest BCUT2D eigenvalue weighted by atomic mass is 10.1. The Hall–Kier alpha value is -2.99. The average molecular weight is 405 g/mol. The molecule has 0 unspecified atom stereocenters. The summed E-state index contributed by atoms with van der Waals surface area (Å²) in [6, 6.07) is 8.01. The second-order valence-electron chi connectivity index (χ2n) is 7.77. The maximum absolute atomic E-state index is 12.7. The molecule has 0 bridgehead atoms. The third kappa shape index (κ3) is 4.00. The van der Waals surface area contributed by atoms with Gasteiger partial charge in [-0.3, -0.25) is 4.98 Å². The predicted molar refractivity (Wildman–Crippen MR) is 120 cm³/mol. The van der Waals surface area contributed by atoms with Gasteiger partial charge in [-0.05, 0) is 64.0 Å². The Morgan fingerprint density at radius 3 is 2.63 bits per heavy atom. The Labute approximate surface area is 176 Å². The predicted octanol–water partition coefficient (Wildman–Crippen LogP) is 4.39. The second kappa shape index (κ2) is 8.40. The molecule has 3 aromatic heterocycles. The molecule has 0 atom stereocenters. The van der Waals surface area contributed by atoms with Crippen molar-refractivity contribution in [2.24, 2.45) is 0 Å². The highest BCUT2D eigenvalue weighted by Gasteiger charge is 2.14. The van der Waals surface area contributed by atoms with E-state index in [1.54, 1.807) is 0 Å². The zero-order valence-electron chi connectivity index (χ0n) is 18.1. The molecule has 4 aromatic rings. The van der Waals surface area contributed by atoms with Crippen LogP contribution < -0.4 is 5.63 Å². The molecule has 30 heavy (non-hydrogen) atoms. The molecule has 0 radical (unpaired) electrons. The number of benzene rings is 1. The molecule has 0 aliphatic heterocycles. The van der Waals surface area contributed by atoms with Gasteiger partial charge in [-0.2, -0.15) is 0 Å². The summed E-state index contributed by atoms with van der Waals surface area (Å²) in [7, 11) is 0. The van der Waals surface area contributed by atoms with Crippen molar-refractivity contribution in [3.8, 4) is 11.3 Å². The first-order chi connectivity index (χ1) is 14.5. The zero-order valence-corrected chi connectivity index (χ0v) is 18.1. The van der Waals surface area contributed by atoms with Gasteiger partial charge in [0, 0.05) is 17.8 Å². The van der Waals surface area contributed by atoms with E-state index in [1.807, 2.05) is 48.8 Å². The van der Waals surface area contributed by atoms with Gasteiger partial charge in [0.25, 0.3) is 0 Å². The second-order valence-corrected chi connectivity index (χ2v) is 7.77. The molecule has 0 saturated heterocycles. The van der Waals surface area contributed by atoms with E-state index in [4.69, 9.17) is 4.42 Å². The standard InChI is InChI=1S/C24H28N4O2/c1-5-27(6-2)11-7-8-18-9-10-19-13-20(24(29)30-22(19)12-18)21-15-28-14-16(3)25-17(4)23(28)26-21/h9-10,12-15H,5-8,11H2,1-4H3. The third-order valence-electron chi connectivity index (χ3n) is 5.64. The molecule has 0 aliphatic carbocycles. The molecule has 0 amide bonds. The topological polar surface area (TPSA) is 63.6 Å². The van der Waals surface area contributed by atoms with Gasteiger partial charge in [-0.1, -0.05) is 26.0 Å². The van der Waals surface area contributed by atoms with E-state index in [0.29, 0.717) is 16.8 Å². The number of nitrogens with zero attached hydrogens (tertiary/aromatic N) is 4. The number of aryl methyl sites for hydroxylation is 3. The Bertz CT molecular complexity index is 1250. The molecule has 0 fully saturated rings. The molecule has 1 aromatic carbocycles. The Morgan fingerprint density at radius 1 is 1.07 bits per heavy atom. The van der Waals surface area contributed by atoms with Crippen LogP contribution in [0.1, 0.15) is 37.2 Å². The normalized spacial score (nSPS) is 11.8. The number of hydrogen-bond acceptors (Lipinski definition) is 5. The first-order valence-electron chi connectivity index (χ1n) is 10.6. The fourth-order valence-corrected chi connectivity index (χ4v) is 3.97. The van der Waals surface area contributed by atoms with E-state index in [0.717, 1.165) is 54.9 Å². The van der Waals surface area contributed by atoms with Crippen LogP contribution in [0.5, 0.6) is 0 Å². The molecule has 6 nitrogen and oxygen atoms in total. The van der Waals surface area contributed by atoms with Crippen molar-refractivity contribution in [2.75, 3.05) is 19.6 Å². The van der Waals surface area contributed by atoms with E-state index in [9.17, 15) is 4.79 Å². The van der Waals surface area contributed by atoms with Crippen LogP contribution in [0.2, 0.25) is 0 Å². The van der Waals surface area contributed by atoms with Crippen molar-refractivity contribution >= 4 is 16.6 Å². The van der Waals surface area contributed by atoms with Gasteiger partial charge in [0.2, 0.25) is 0 Å².